The topological polar surface area (TPSA) is 59.0 Å². The Morgan fingerprint density at radius 2 is 1.70 bits per heavy atom. The molecule has 1 aromatic heterocycles. The van der Waals surface area contributed by atoms with Crippen molar-refractivity contribution in [2.24, 2.45) is 0 Å². The minimum atomic E-state index is -0.0933. The molecule has 1 aliphatic heterocycles. The van der Waals surface area contributed by atoms with Gasteiger partial charge in [-0.05, 0) is 88.0 Å². The molecule has 0 unspecified atom stereocenters. The minimum absolute atomic E-state index is 0.0933. The largest absolute Gasteiger partial charge is 0.322 e. The van der Waals surface area contributed by atoms with Crippen molar-refractivity contribution in [1.82, 2.24) is 15.1 Å². The van der Waals surface area contributed by atoms with Gasteiger partial charge in [-0.3, -0.25) is 4.79 Å². The second-order valence-corrected chi connectivity index (χ2v) is 8.37. The molecule has 3 aromatic rings. The molecule has 5 heteroatoms. The fourth-order valence-corrected chi connectivity index (χ4v) is 4.36. The quantitative estimate of drug-likeness (QED) is 0.657. The number of rotatable bonds is 4. The molecule has 5 nitrogen and oxygen atoms in total. The number of para-hydroxylation sites is 1. The Bertz CT molecular complexity index is 1060. The summed E-state index contributed by atoms with van der Waals surface area (Å²) in [5.41, 5.74) is 8.29. The highest BCUT2D eigenvalue weighted by molar-refractivity contribution is 6.05. The normalized spacial score (nSPS) is 14.7. The van der Waals surface area contributed by atoms with Crippen LogP contribution in [0.15, 0.2) is 42.6 Å². The monoisotopic (exact) mass is 402 g/mol. The molecule has 0 bridgehead atoms. The van der Waals surface area contributed by atoms with Gasteiger partial charge in [-0.15, -0.1) is 0 Å². The minimum Gasteiger partial charge on any atom is -0.322 e. The molecule has 0 saturated carbocycles. The van der Waals surface area contributed by atoms with Crippen molar-refractivity contribution in [1.29, 1.82) is 0 Å². The summed E-state index contributed by atoms with van der Waals surface area (Å²) < 4.78 is 2.01. The fraction of sp³-hybridized carbons (Fsp3) is 0.360. The van der Waals surface area contributed by atoms with Crippen molar-refractivity contribution < 1.29 is 4.79 Å². The number of benzene rings is 2. The third kappa shape index (κ3) is 3.90. The van der Waals surface area contributed by atoms with E-state index in [1.807, 2.05) is 22.9 Å². The van der Waals surface area contributed by atoms with E-state index < -0.39 is 0 Å². The van der Waals surface area contributed by atoms with Crippen molar-refractivity contribution in [3.8, 4) is 5.69 Å². The van der Waals surface area contributed by atoms with Crippen LogP contribution in [0.4, 0.5) is 5.69 Å². The van der Waals surface area contributed by atoms with Crippen LogP contribution >= 0.6 is 0 Å². The van der Waals surface area contributed by atoms with E-state index in [-0.39, 0.29) is 5.91 Å². The third-order valence-corrected chi connectivity index (χ3v) is 6.19. The Morgan fingerprint density at radius 3 is 2.37 bits per heavy atom. The van der Waals surface area contributed by atoms with Gasteiger partial charge in [-0.1, -0.05) is 24.3 Å². The molecule has 2 aromatic carbocycles. The van der Waals surface area contributed by atoms with Gasteiger partial charge in [0.15, 0.2) is 0 Å². The fourth-order valence-electron chi connectivity index (χ4n) is 4.36. The van der Waals surface area contributed by atoms with E-state index in [2.05, 4.69) is 56.5 Å². The molecule has 2 heterocycles. The number of carbonyl (C=O) groups excluding carboxylic acids is 1. The van der Waals surface area contributed by atoms with Gasteiger partial charge in [0.1, 0.15) is 0 Å². The molecule has 30 heavy (non-hydrogen) atoms. The van der Waals surface area contributed by atoms with Gasteiger partial charge in [-0.25, -0.2) is 4.68 Å². The highest BCUT2D eigenvalue weighted by Crippen LogP contribution is 2.32. The second-order valence-electron chi connectivity index (χ2n) is 8.37. The number of nitrogens with zero attached hydrogens (tertiary/aromatic N) is 2. The number of carbonyl (C=O) groups is 1. The molecule has 1 fully saturated rings. The van der Waals surface area contributed by atoms with Crippen molar-refractivity contribution in [3.63, 3.8) is 0 Å². The lowest BCUT2D eigenvalue weighted by Crippen LogP contribution is -2.29. The van der Waals surface area contributed by atoms with Gasteiger partial charge in [0.2, 0.25) is 0 Å². The molecule has 1 aliphatic rings. The summed E-state index contributed by atoms with van der Waals surface area (Å²) in [6, 6.07) is 12.3. The Balaban J connectivity index is 1.76. The highest BCUT2D eigenvalue weighted by atomic mass is 16.1. The van der Waals surface area contributed by atoms with Crippen molar-refractivity contribution in [3.05, 3.63) is 76.1 Å². The van der Waals surface area contributed by atoms with Gasteiger partial charge in [0, 0.05) is 11.6 Å². The van der Waals surface area contributed by atoms with Crippen LogP contribution in [0.5, 0.6) is 0 Å². The van der Waals surface area contributed by atoms with E-state index in [9.17, 15) is 4.79 Å². The molecule has 1 amide bonds. The van der Waals surface area contributed by atoms with Gasteiger partial charge in [-0.2, -0.15) is 5.10 Å². The first-order valence-corrected chi connectivity index (χ1v) is 10.7. The number of nitrogens with one attached hydrogen (secondary N) is 2. The lowest BCUT2D eigenvalue weighted by atomic mass is 9.91. The Hall–Kier alpha value is -2.92. The lowest BCUT2D eigenvalue weighted by molar-refractivity contribution is 0.102. The average molecular weight is 403 g/mol. The summed E-state index contributed by atoms with van der Waals surface area (Å²) in [5.74, 6) is 0.206. The molecule has 0 atom stereocenters. The first kappa shape index (κ1) is 20.4. The number of amides is 1. The first-order valence-electron chi connectivity index (χ1n) is 10.7. The third-order valence-electron chi connectivity index (χ3n) is 6.19. The summed E-state index contributed by atoms with van der Waals surface area (Å²) in [7, 11) is 0. The summed E-state index contributed by atoms with van der Waals surface area (Å²) >= 11 is 0. The van der Waals surface area contributed by atoms with Crippen LogP contribution in [0.2, 0.25) is 0 Å². The molecular weight excluding hydrogens is 372 g/mol. The number of hydrogen-bond acceptors (Lipinski definition) is 3. The summed E-state index contributed by atoms with van der Waals surface area (Å²) in [6.07, 6.45) is 3.74. The van der Waals surface area contributed by atoms with Crippen LogP contribution in [-0.4, -0.2) is 28.8 Å². The van der Waals surface area contributed by atoms with Crippen molar-refractivity contribution in [2.75, 3.05) is 18.4 Å². The maximum absolute atomic E-state index is 13.3. The molecule has 156 valence electrons. The summed E-state index contributed by atoms with van der Waals surface area (Å²) in [4.78, 5) is 13.3. The standard InChI is InChI=1S/C25H30N4O/c1-16-8-9-21(14-19(16)4)28-25(30)22-15-27-29(23-17(2)6-5-7-18(23)3)24(22)20-10-12-26-13-11-20/h5-9,14-15,20,26H,10-13H2,1-4H3,(H,28,30). The SMILES string of the molecule is Cc1ccc(NC(=O)c2cnn(-c3c(C)cccc3C)c2C2CCNCC2)cc1C. The predicted octanol–water partition coefficient (Wildman–Crippen LogP) is 4.83. The van der Waals surface area contributed by atoms with Crippen LogP contribution < -0.4 is 10.6 Å². The maximum atomic E-state index is 13.3. The van der Waals surface area contributed by atoms with Crippen LogP contribution in [0, 0.1) is 27.7 Å². The zero-order chi connectivity index (χ0) is 21.3. The average Bonchev–Trinajstić information content (AvgIpc) is 3.16. The van der Waals surface area contributed by atoms with E-state index in [4.69, 9.17) is 5.10 Å². The second kappa shape index (κ2) is 8.44. The van der Waals surface area contributed by atoms with Crippen LogP contribution in [0.25, 0.3) is 5.69 Å². The van der Waals surface area contributed by atoms with E-state index in [1.165, 1.54) is 5.56 Å². The molecule has 4 rings (SSSR count). The molecule has 0 radical (unpaired) electrons. The lowest BCUT2D eigenvalue weighted by Gasteiger charge is -2.25. The smallest absolute Gasteiger partial charge is 0.259 e. The molecule has 0 aliphatic carbocycles. The van der Waals surface area contributed by atoms with Crippen LogP contribution in [0.3, 0.4) is 0 Å². The van der Waals surface area contributed by atoms with Gasteiger partial charge < -0.3 is 10.6 Å². The maximum Gasteiger partial charge on any atom is 0.259 e. The summed E-state index contributed by atoms with van der Waals surface area (Å²) in [6.45, 7) is 10.3. The molecule has 0 spiro atoms. The van der Waals surface area contributed by atoms with Gasteiger partial charge in [0.25, 0.3) is 5.91 Å². The number of hydrogen-bond donors (Lipinski definition) is 2. The number of aromatic nitrogens is 2. The molecule has 1 saturated heterocycles. The van der Waals surface area contributed by atoms with Gasteiger partial charge >= 0.3 is 0 Å². The van der Waals surface area contributed by atoms with Crippen LogP contribution in [-0.2, 0) is 0 Å². The molecule has 2 N–H and O–H groups in total. The van der Waals surface area contributed by atoms with Gasteiger partial charge in [0.05, 0.1) is 23.1 Å². The van der Waals surface area contributed by atoms with Crippen LogP contribution in [0.1, 0.15) is 57.1 Å². The first-order chi connectivity index (χ1) is 14.5. The van der Waals surface area contributed by atoms with E-state index >= 15 is 0 Å². The van der Waals surface area contributed by atoms with Crippen molar-refractivity contribution >= 4 is 11.6 Å². The number of aryl methyl sites for hydroxylation is 4. The zero-order valence-electron chi connectivity index (χ0n) is 18.2. The molecular formula is C25H30N4O. The predicted molar refractivity (Wildman–Crippen MR) is 122 cm³/mol. The van der Waals surface area contributed by atoms with E-state index in [0.29, 0.717) is 11.5 Å². The number of piperidine rings is 1. The van der Waals surface area contributed by atoms with E-state index in [0.717, 1.165) is 59.7 Å². The Morgan fingerprint density at radius 1 is 1.00 bits per heavy atom. The van der Waals surface area contributed by atoms with Crippen molar-refractivity contribution in [2.45, 2.75) is 46.5 Å². The Kier molecular flexibility index (Phi) is 5.73. The zero-order valence-corrected chi connectivity index (χ0v) is 18.2. The highest BCUT2D eigenvalue weighted by Gasteiger charge is 2.28. The Labute approximate surface area is 178 Å². The summed E-state index contributed by atoms with van der Waals surface area (Å²) in [5, 5.41) is 11.2. The van der Waals surface area contributed by atoms with E-state index in [1.54, 1.807) is 6.20 Å². The number of anilines is 1.